The third kappa shape index (κ3) is 8.08. The van der Waals surface area contributed by atoms with Gasteiger partial charge in [-0.15, -0.1) is 0 Å². The van der Waals surface area contributed by atoms with E-state index in [0.717, 1.165) is 6.92 Å². The number of rotatable bonds is 11. The SMILES string of the molecule is CC(=O)N[C@H]1[C@H](O[C@H]2[C@@H](O)[C@@H](CO)OC(O)[C@@H]2O)O[C@H](CO)[C@@H](O[C@@H]2O[C@H](CO)[C@H](O)[C@H](O[C@@H]3O[C@H](CO)[C@H](O)[C@H](O)[C@H]3O)[C@H]2O)[C@@H]1O. The molecule has 22 nitrogen and oxygen atoms in total. The molecule has 1 unspecified atom stereocenters. The molecule has 4 heterocycles. The van der Waals surface area contributed by atoms with Gasteiger partial charge in [0, 0.05) is 6.92 Å². The highest BCUT2D eigenvalue weighted by Gasteiger charge is 2.55. The molecular formula is C26H45NO21. The third-order valence-corrected chi connectivity index (χ3v) is 8.61. The fourth-order valence-corrected chi connectivity index (χ4v) is 5.94. The Morgan fingerprint density at radius 2 is 0.938 bits per heavy atom. The van der Waals surface area contributed by atoms with Crippen molar-refractivity contribution in [2.24, 2.45) is 0 Å². The average molecular weight is 708 g/mol. The van der Waals surface area contributed by atoms with E-state index in [2.05, 4.69) is 5.32 Å². The summed E-state index contributed by atoms with van der Waals surface area (Å²) in [6, 6.07) is -1.59. The Morgan fingerprint density at radius 3 is 1.48 bits per heavy atom. The maximum Gasteiger partial charge on any atom is 0.217 e. The predicted octanol–water partition coefficient (Wildman–Crippen LogP) is -9.61. The van der Waals surface area contributed by atoms with Crippen LogP contribution in [0, 0.1) is 0 Å². The van der Waals surface area contributed by atoms with Crippen molar-refractivity contribution in [3.63, 3.8) is 0 Å². The molecule has 0 saturated carbocycles. The number of aliphatic hydroxyl groups is 13. The van der Waals surface area contributed by atoms with Gasteiger partial charge >= 0.3 is 0 Å². The first kappa shape index (κ1) is 39.5. The molecule has 1 amide bonds. The second kappa shape index (κ2) is 16.8. The van der Waals surface area contributed by atoms with E-state index in [4.69, 9.17) is 33.2 Å². The Bertz CT molecular complexity index is 1030. The summed E-state index contributed by atoms with van der Waals surface area (Å²) in [6.45, 7) is -2.36. The van der Waals surface area contributed by atoms with Crippen molar-refractivity contribution in [3.05, 3.63) is 0 Å². The van der Waals surface area contributed by atoms with Crippen molar-refractivity contribution >= 4 is 5.91 Å². The van der Waals surface area contributed by atoms with Gasteiger partial charge in [-0.25, -0.2) is 0 Å². The van der Waals surface area contributed by atoms with Crippen LogP contribution in [0.3, 0.4) is 0 Å². The summed E-state index contributed by atoms with van der Waals surface area (Å²) in [6.07, 6.45) is -33.6. The van der Waals surface area contributed by atoms with Gasteiger partial charge in [-0.1, -0.05) is 0 Å². The van der Waals surface area contributed by atoms with E-state index >= 15 is 0 Å². The minimum Gasteiger partial charge on any atom is -0.394 e. The van der Waals surface area contributed by atoms with Crippen LogP contribution in [0.2, 0.25) is 0 Å². The lowest BCUT2D eigenvalue weighted by molar-refractivity contribution is -0.381. The normalized spacial score (nSPS) is 50.2. The van der Waals surface area contributed by atoms with Crippen molar-refractivity contribution in [2.45, 2.75) is 130 Å². The van der Waals surface area contributed by atoms with Gasteiger partial charge in [-0.05, 0) is 0 Å². The number of hydrogen-bond donors (Lipinski definition) is 14. The van der Waals surface area contributed by atoms with E-state index in [1.54, 1.807) is 0 Å². The quantitative estimate of drug-likeness (QED) is 0.0947. The number of hydrogen-bond acceptors (Lipinski definition) is 21. The van der Waals surface area contributed by atoms with E-state index < -0.39 is 155 Å². The number of nitrogens with one attached hydrogen (secondary N) is 1. The van der Waals surface area contributed by atoms with Crippen LogP contribution in [0.1, 0.15) is 6.92 Å². The van der Waals surface area contributed by atoms with Gasteiger partial charge in [0.05, 0.1) is 26.4 Å². The Hall–Kier alpha value is -1.33. The first-order chi connectivity index (χ1) is 22.7. The van der Waals surface area contributed by atoms with Crippen molar-refractivity contribution in [2.75, 3.05) is 26.4 Å². The van der Waals surface area contributed by atoms with Crippen LogP contribution >= 0.6 is 0 Å². The Labute approximate surface area is 272 Å². The first-order valence-corrected chi connectivity index (χ1v) is 15.1. The van der Waals surface area contributed by atoms with Gasteiger partial charge in [0.1, 0.15) is 97.6 Å². The zero-order chi connectivity index (χ0) is 35.6. The van der Waals surface area contributed by atoms with E-state index in [1.807, 2.05) is 0 Å². The third-order valence-electron chi connectivity index (χ3n) is 8.61. The molecule has 48 heavy (non-hydrogen) atoms. The van der Waals surface area contributed by atoms with Crippen LogP contribution in [0.25, 0.3) is 0 Å². The van der Waals surface area contributed by atoms with Crippen molar-refractivity contribution in [1.82, 2.24) is 5.32 Å². The highest BCUT2D eigenvalue weighted by Crippen LogP contribution is 2.34. The summed E-state index contributed by atoms with van der Waals surface area (Å²) >= 11 is 0. The molecule has 280 valence electrons. The molecule has 4 rings (SSSR count). The summed E-state index contributed by atoms with van der Waals surface area (Å²) < 4.78 is 38.4. The number of carbonyl (C=O) groups excluding carboxylic acids is 1. The Morgan fingerprint density at radius 1 is 0.500 bits per heavy atom. The molecule has 0 spiro atoms. The van der Waals surface area contributed by atoms with Crippen LogP contribution < -0.4 is 5.32 Å². The molecule has 0 bridgehead atoms. The van der Waals surface area contributed by atoms with Gasteiger partial charge in [0.15, 0.2) is 25.2 Å². The van der Waals surface area contributed by atoms with Crippen molar-refractivity contribution in [3.8, 4) is 0 Å². The number of amides is 1. The van der Waals surface area contributed by atoms with Gasteiger partial charge in [-0.2, -0.15) is 0 Å². The first-order valence-electron chi connectivity index (χ1n) is 15.1. The van der Waals surface area contributed by atoms with Crippen molar-refractivity contribution in [1.29, 1.82) is 0 Å². The lowest BCUT2D eigenvalue weighted by atomic mass is 9.94. The molecule has 0 aromatic carbocycles. The molecule has 14 N–H and O–H groups in total. The smallest absolute Gasteiger partial charge is 0.217 e. The average Bonchev–Trinajstić information content (AvgIpc) is 3.06. The fourth-order valence-electron chi connectivity index (χ4n) is 5.94. The standard InChI is InChI=1S/C26H45NO21/c1-6(32)27-11-15(36)20(10(5-31)45-24(11)47-21-13(34)8(3-29)42-23(41)18(21)39)46-26-19(40)22(14(35)9(4-30)44-26)48-25-17(38)16(37)12(33)7(2-28)43-25/h7-26,28-31,33-41H,2-5H2,1H3,(H,27,32)/t7-,8-,9-,10-,11-,12+,13+,14+,15-,16+,17-,18-,19-,20-,21+,22+,23?,24+,25+,26+/m1/s1. The van der Waals surface area contributed by atoms with Crippen molar-refractivity contribution < 1.29 is 104 Å². The summed E-state index contributed by atoms with van der Waals surface area (Å²) in [4.78, 5) is 12.1. The van der Waals surface area contributed by atoms with E-state index in [0.29, 0.717) is 0 Å². The van der Waals surface area contributed by atoms with E-state index in [-0.39, 0.29) is 0 Å². The second-order valence-electron chi connectivity index (χ2n) is 11.9. The number of carbonyl (C=O) groups is 1. The fraction of sp³-hybridized carbons (Fsp3) is 0.962. The monoisotopic (exact) mass is 707 g/mol. The van der Waals surface area contributed by atoms with Crippen LogP contribution in [0.15, 0.2) is 0 Å². The Balaban J connectivity index is 1.55. The molecule has 0 radical (unpaired) electrons. The van der Waals surface area contributed by atoms with Gasteiger partial charge in [0.25, 0.3) is 0 Å². The highest BCUT2D eigenvalue weighted by molar-refractivity contribution is 5.73. The molecular weight excluding hydrogens is 662 g/mol. The molecule has 4 saturated heterocycles. The number of aliphatic hydroxyl groups excluding tert-OH is 13. The topological polar surface area (TPSA) is 357 Å². The predicted molar refractivity (Wildman–Crippen MR) is 145 cm³/mol. The molecule has 4 aliphatic heterocycles. The van der Waals surface area contributed by atoms with Crippen LogP contribution in [-0.2, 0) is 38.0 Å². The van der Waals surface area contributed by atoms with Crippen LogP contribution in [0.4, 0.5) is 0 Å². The minimum absolute atomic E-state index is 0.746. The minimum atomic E-state index is -2.03. The Kier molecular flexibility index (Phi) is 13.8. The zero-order valence-corrected chi connectivity index (χ0v) is 25.5. The molecule has 0 aromatic heterocycles. The van der Waals surface area contributed by atoms with Crippen LogP contribution in [0.5, 0.6) is 0 Å². The largest absolute Gasteiger partial charge is 0.394 e. The maximum atomic E-state index is 12.1. The van der Waals surface area contributed by atoms with Gasteiger partial charge in [0.2, 0.25) is 5.91 Å². The molecule has 20 atom stereocenters. The zero-order valence-electron chi connectivity index (χ0n) is 25.5. The number of ether oxygens (including phenoxy) is 7. The molecule has 4 aliphatic rings. The van der Waals surface area contributed by atoms with E-state index in [9.17, 15) is 71.2 Å². The lowest BCUT2D eigenvalue weighted by Crippen LogP contribution is -2.69. The summed E-state index contributed by atoms with van der Waals surface area (Å²) in [7, 11) is 0. The lowest BCUT2D eigenvalue weighted by Gasteiger charge is -2.49. The maximum absolute atomic E-state index is 12.1. The molecule has 4 fully saturated rings. The van der Waals surface area contributed by atoms with Gasteiger partial charge < -0.3 is 105 Å². The molecule has 22 heteroatoms. The molecule has 0 aliphatic carbocycles. The summed E-state index contributed by atoms with van der Waals surface area (Å²) in [5.74, 6) is -0.746. The highest BCUT2D eigenvalue weighted by atomic mass is 16.8. The van der Waals surface area contributed by atoms with E-state index in [1.165, 1.54) is 0 Å². The molecule has 0 aromatic rings. The summed E-state index contributed by atoms with van der Waals surface area (Å²) in [5, 5.41) is 136. The van der Waals surface area contributed by atoms with Gasteiger partial charge in [-0.3, -0.25) is 4.79 Å². The second-order valence-corrected chi connectivity index (χ2v) is 11.9. The summed E-state index contributed by atoms with van der Waals surface area (Å²) in [5.41, 5.74) is 0. The van der Waals surface area contributed by atoms with Crippen LogP contribution in [-0.4, -0.2) is 221 Å².